The summed E-state index contributed by atoms with van der Waals surface area (Å²) in [4.78, 5) is 21.6. The van der Waals surface area contributed by atoms with Crippen molar-refractivity contribution in [2.24, 2.45) is 5.92 Å². The minimum atomic E-state index is -0.820. The summed E-state index contributed by atoms with van der Waals surface area (Å²) >= 11 is 1.72. The van der Waals surface area contributed by atoms with Gasteiger partial charge in [0, 0.05) is 19.4 Å². The zero-order valence-electron chi connectivity index (χ0n) is 9.28. The number of carbonyl (C=O) groups excluding carboxylic acids is 1. The maximum Gasteiger partial charge on any atom is 0.303 e. The number of amides is 1. The van der Waals surface area contributed by atoms with Gasteiger partial charge in [-0.3, -0.25) is 9.59 Å². The lowest BCUT2D eigenvalue weighted by Crippen LogP contribution is -2.29. The molecule has 0 saturated carbocycles. The van der Waals surface area contributed by atoms with Crippen LogP contribution in [0.15, 0.2) is 0 Å². The quantitative estimate of drug-likeness (QED) is 0.621. The van der Waals surface area contributed by atoms with E-state index >= 15 is 0 Å². The summed E-state index contributed by atoms with van der Waals surface area (Å²) in [7, 11) is 0. The van der Waals surface area contributed by atoms with Crippen LogP contribution in [0.5, 0.6) is 0 Å². The van der Waals surface area contributed by atoms with Gasteiger partial charge >= 0.3 is 5.97 Å². The normalized spacial score (nSPS) is 12.1. The van der Waals surface area contributed by atoms with Crippen molar-refractivity contribution < 1.29 is 14.7 Å². The highest BCUT2D eigenvalue weighted by molar-refractivity contribution is 7.98. The number of aliphatic carboxylic acids is 1. The monoisotopic (exact) mass is 233 g/mol. The predicted molar refractivity (Wildman–Crippen MR) is 62.0 cm³/mol. The molecular formula is C10H19NO3S. The molecule has 0 spiro atoms. The van der Waals surface area contributed by atoms with E-state index in [9.17, 15) is 9.59 Å². The van der Waals surface area contributed by atoms with E-state index in [2.05, 4.69) is 5.32 Å². The van der Waals surface area contributed by atoms with Crippen LogP contribution in [0.1, 0.15) is 26.2 Å². The van der Waals surface area contributed by atoms with Crippen molar-refractivity contribution in [2.75, 3.05) is 18.6 Å². The second kappa shape index (κ2) is 8.59. The maximum atomic E-state index is 11.2. The average Bonchev–Trinajstić information content (AvgIpc) is 2.14. The van der Waals surface area contributed by atoms with Gasteiger partial charge in [-0.2, -0.15) is 11.8 Å². The Bertz CT molecular complexity index is 209. The minimum absolute atomic E-state index is 0.00741. The molecule has 5 heteroatoms. The van der Waals surface area contributed by atoms with E-state index < -0.39 is 5.97 Å². The molecule has 2 N–H and O–H groups in total. The minimum Gasteiger partial charge on any atom is -0.481 e. The third-order valence-electron chi connectivity index (χ3n) is 1.92. The van der Waals surface area contributed by atoms with Crippen LogP contribution < -0.4 is 5.32 Å². The first-order valence-electron chi connectivity index (χ1n) is 5.03. The number of carboxylic acids is 1. The SMILES string of the molecule is CSCCCC(=O)NCC(C)CC(=O)O. The van der Waals surface area contributed by atoms with Crippen LogP contribution in [-0.4, -0.2) is 35.5 Å². The van der Waals surface area contributed by atoms with E-state index in [1.54, 1.807) is 11.8 Å². The lowest BCUT2D eigenvalue weighted by atomic mass is 10.1. The van der Waals surface area contributed by atoms with Crippen LogP contribution in [0, 0.1) is 5.92 Å². The van der Waals surface area contributed by atoms with Gasteiger partial charge in [0.1, 0.15) is 0 Å². The van der Waals surface area contributed by atoms with Crippen molar-refractivity contribution >= 4 is 23.6 Å². The van der Waals surface area contributed by atoms with Crippen LogP contribution in [-0.2, 0) is 9.59 Å². The molecule has 0 aliphatic rings. The fourth-order valence-electron chi connectivity index (χ4n) is 1.12. The number of nitrogens with one attached hydrogen (secondary N) is 1. The Balaban J connectivity index is 3.48. The Hall–Kier alpha value is -0.710. The molecule has 0 aliphatic heterocycles. The van der Waals surface area contributed by atoms with Gasteiger partial charge in [0.2, 0.25) is 5.91 Å². The first-order chi connectivity index (χ1) is 7.06. The van der Waals surface area contributed by atoms with Gasteiger partial charge in [0.15, 0.2) is 0 Å². The third-order valence-corrected chi connectivity index (χ3v) is 2.62. The van der Waals surface area contributed by atoms with Crippen molar-refractivity contribution in [1.29, 1.82) is 0 Å². The molecule has 0 bridgehead atoms. The summed E-state index contributed by atoms with van der Waals surface area (Å²) < 4.78 is 0. The van der Waals surface area contributed by atoms with Gasteiger partial charge in [0.25, 0.3) is 0 Å². The summed E-state index contributed by atoms with van der Waals surface area (Å²) in [5, 5.41) is 11.2. The zero-order valence-corrected chi connectivity index (χ0v) is 10.1. The molecule has 1 atom stereocenters. The van der Waals surface area contributed by atoms with Gasteiger partial charge in [-0.05, 0) is 24.3 Å². The molecule has 15 heavy (non-hydrogen) atoms. The summed E-state index contributed by atoms with van der Waals surface area (Å²) in [6.45, 7) is 2.26. The number of carboxylic acid groups (broad SMARTS) is 1. The van der Waals surface area contributed by atoms with Crippen molar-refractivity contribution in [2.45, 2.75) is 26.2 Å². The van der Waals surface area contributed by atoms with Gasteiger partial charge in [-0.1, -0.05) is 6.92 Å². The van der Waals surface area contributed by atoms with Crippen LogP contribution in [0.4, 0.5) is 0 Å². The molecule has 0 aromatic carbocycles. The Labute approximate surface area is 94.8 Å². The van der Waals surface area contributed by atoms with Crippen molar-refractivity contribution in [3.8, 4) is 0 Å². The van der Waals surface area contributed by atoms with E-state index in [-0.39, 0.29) is 18.2 Å². The van der Waals surface area contributed by atoms with E-state index in [0.717, 1.165) is 12.2 Å². The molecular weight excluding hydrogens is 214 g/mol. The number of hydrogen-bond acceptors (Lipinski definition) is 3. The summed E-state index contributed by atoms with van der Waals surface area (Å²) in [5.74, 6) is 0.172. The van der Waals surface area contributed by atoms with Crippen LogP contribution in [0.25, 0.3) is 0 Å². The Morgan fingerprint density at radius 3 is 2.67 bits per heavy atom. The highest BCUT2D eigenvalue weighted by atomic mass is 32.2. The molecule has 0 radical (unpaired) electrons. The van der Waals surface area contributed by atoms with Crippen molar-refractivity contribution in [3.63, 3.8) is 0 Å². The molecule has 0 fully saturated rings. The van der Waals surface area contributed by atoms with Crippen molar-refractivity contribution in [1.82, 2.24) is 5.32 Å². The zero-order chi connectivity index (χ0) is 11.7. The molecule has 1 amide bonds. The number of rotatable bonds is 8. The standard InChI is InChI=1S/C10H19NO3S/c1-8(6-10(13)14)7-11-9(12)4-3-5-15-2/h8H,3-7H2,1-2H3,(H,11,12)(H,13,14). The van der Waals surface area contributed by atoms with Crippen LogP contribution in [0.3, 0.4) is 0 Å². The van der Waals surface area contributed by atoms with Crippen LogP contribution >= 0.6 is 11.8 Å². The fourth-order valence-corrected chi connectivity index (χ4v) is 1.56. The summed E-state index contributed by atoms with van der Waals surface area (Å²) in [6, 6.07) is 0. The average molecular weight is 233 g/mol. The maximum absolute atomic E-state index is 11.2. The van der Waals surface area contributed by atoms with Gasteiger partial charge in [-0.25, -0.2) is 0 Å². The number of thioether (sulfide) groups is 1. The topological polar surface area (TPSA) is 66.4 Å². The molecule has 4 nitrogen and oxygen atoms in total. The largest absolute Gasteiger partial charge is 0.481 e. The second-order valence-electron chi connectivity index (χ2n) is 3.60. The summed E-state index contributed by atoms with van der Waals surface area (Å²) in [6.07, 6.45) is 3.51. The Morgan fingerprint density at radius 2 is 2.13 bits per heavy atom. The first kappa shape index (κ1) is 14.3. The lowest BCUT2D eigenvalue weighted by molar-refractivity contribution is -0.138. The highest BCUT2D eigenvalue weighted by Crippen LogP contribution is 2.01. The second-order valence-corrected chi connectivity index (χ2v) is 4.59. The van der Waals surface area contributed by atoms with Gasteiger partial charge in [0.05, 0.1) is 0 Å². The van der Waals surface area contributed by atoms with E-state index in [1.807, 2.05) is 13.2 Å². The molecule has 1 unspecified atom stereocenters. The first-order valence-corrected chi connectivity index (χ1v) is 6.43. The van der Waals surface area contributed by atoms with Gasteiger partial charge in [-0.15, -0.1) is 0 Å². The molecule has 0 aromatic heterocycles. The smallest absolute Gasteiger partial charge is 0.303 e. The molecule has 0 heterocycles. The highest BCUT2D eigenvalue weighted by Gasteiger charge is 2.08. The van der Waals surface area contributed by atoms with Crippen LogP contribution in [0.2, 0.25) is 0 Å². The van der Waals surface area contributed by atoms with E-state index in [0.29, 0.717) is 13.0 Å². The molecule has 0 aliphatic carbocycles. The van der Waals surface area contributed by atoms with E-state index in [1.165, 1.54) is 0 Å². The molecule has 0 saturated heterocycles. The Kier molecular flexibility index (Phi) is 8.18. The summed E-state index contributed by atoms with van der Waals surface area (Å²) in [5.41, 5.74) is 0. The number of carbonyl (C=O) groups is 2. The molecule has 88 valence electrons. The lowest BCUT2D eigenvalue weighted by Gasteiger charge is -2.09. The van der Waals surface area contributed by atoms with Crippen molar-refractivity contribution in [3.05, 3.63) is 0 Å². The van der Waals surface area contributed by atoms with Gasteiger partial charge < -0.3 is 10.4 Å². The fraction of sp³-hybridized carbons (Fsp3) is 0.800. The molecule has 0 aromatic rings. The van der Waals surface area contributed by atoms with E-state index in [4.69, 9.17) is 5.11 Å². The third kappa shape index (κ3) is 9.59. The Morgan fingerprint density at radius 1 is 1.47 bits per heavy atom. The predicted octanol–water partition coefficient (Wildman–Crippen LogP) is 1.36. The number of hydrogen-bond donors (Lipinski definition) is 2. The molecule has 0 rings (SSSR count).